The van der Waals surface area contributed by atoms with Gasteiger partial charge in [-0.2, -0.15) is 0 Å². The van der Waals surface area contributed by atoms with Crippen LogP contribution in [0.3, 0.4) is 0 Å². The molecule has 108 valence electrons. The molecule has 0 aliphatic rings. The third-order valence-corrected chi connectivity index (χ3v) is 3.91. The van der Waals surface area contributed by atoms with Crippen molar-refractivity contribution in [2.45, 2.75) is 4.90 Å². The second kappa shape index (κ2) is 6.39. The van der Waals surface area contributed by atoms with Crippen molar-refractivity contribution in [3.05, 3.63) is 59.9 Å². The van der Waals surface area contributed by atoms with Gasteiger partial charge in [-0.15, -0.1) is 0 Å². The second-order valence-corrected chi connectivity index (χ2v) is 5.79. The summed E-state index contributed by atoms with van der Waals surface area (Å²) in [5.41, 5.74) is 0.868. The van der Waals surface area contributed by atoms with Crippen LogP contribution in [-0.2, 0) is 10.0 Å². The summed E-state index contributed by atoms with van der Waals surface area (Å²) in [5.74, 6) is 4.52. The molecule has 2 aromatic rings. The van der Waals surface area contributed by atoms with E-state index in [1.807, 2.05) is 0 Å². The van der Waals surface area contributed by atoms with E-state index in [-0.39, 0.29) is 11.5 Å². The zero-order valence-electron chi connectivity index (χ0n) is 10.9. The van der Waals surface area contributed by atoms with E-state index in [1.54, 1.807) is 18.2 Å². The minimum Gasteiger partial charge on any atom is -0.384 e. The van der Waals surface area contributed by atoms with E-state index in [9.17, 15) is 12.8 Å². The van der Waals surface area contributed by atoms with E-state index < -0.39 is 15.8 Å². The molecule has 0 aromatic heterocycles. The molecular formula is C15H12FNO3S. The van der Waals surface area contributed by atoms with Crippen LogP contribution in [0, 0.1) is 17.7 Å². The Morgan fingerprint density at radius 3 is 2.62 bits per heavy atom. The molecule has 4 nitrogen and oxygen atoms in total. The number of aliphatic hydroxyl groups excluding tert-OH is 1. The van der Waals surface area contributed by atoms with Gasteiger partial charge in [-0.1, -0.05) is 24.0 Å². The van der Waals surface area contributed by atoms with Crippen molar-refractivity contribution in [2.24, 2.45) is 0 Å². The SMILES string of the molecule is O=S(=O)(Nc1cccc(C#CCO)c1)c1cccc(F)c1. The van der Waals surface area contributed by atoms with Gasteiger partial charge in [-0.05, 0) is 36.4 Å². The summed E-state index contributed by atoms with van der Waals surface area (Å²) in [4.78, 5) is -0.158. The number of nitrogens with one attached hydrogen (secondary N) is 1. The molecule has 2 rings (SSSR count). The lowest BCUT2D eigenvalue weighted by molar-refractivity contribution is 0.350. The van der Waals surface area contributed by atoms with Gasteiger partial charge in [0.1, 0.15) is 12.4 Å². The topological polar surface area (TPSA) is 66.4 Å². The molecule has 0 aliphatic heterocycles. The Morgan fingerprint density at radius 1 is 1.14 bits per heavy atom. The quantitative estimate of drug-likeness (QED) is 0.852. The molecule has 0 saturated heterocycles. The minimum atomic E-state index is -3.86. The number of hydrogen-bond donors (Lipinski definition) is 2. The Kier molecular flexibility index (Phi) is 4.58. The van der Waals surface area contributed by atoms with E-state index in [1.165, 1.54) is 24.3 Å². The van der Waals surface area contributed by atoms with Crippen molar-refractivity contribution in [1.29, 1.82) is 0 Å². The average molecular weight is 305 g/mol. The molecule has 0 heterocycles. The molecule has 21 heavy (non-hydrogen) atoms. The normalized spacial score (nSPS) is 10.6. The summed E-state index contributed by atoms with van der Waals surface area (Å²) in [6.07, 6.45) is 0. The zero-order valence-corrected chi connectivity index (χ0v) is 11.7. The Bertz CT molecular complexity index is 807. The van der Waals surface area contributed by atoms with Gasteiger partial charge in [-0.3, -0.25) is 4.72 Å². The predicted molar refractivity (Wildman–Crippen MR) is 77.6 cm³/mol. The van der Waals surface area contributed by atoms with Crippen molar-refractivity contribution in [2.75, 3.05) is 11.3 Å². The van der Waals surface area contributed by atoms with E-state index in [0.29, 0.717) is 11.3 Å². The molecule has 0 unspecified atom stereocenters. The monoisotopic (exact) mass is 305 g/mol. The molecule has 6 heteroatoms. The molecule has 0 aliphatic carbocycles. The van der Waals surface area contributed by atoms with Crippen LogP contribution in [0.4, 0.5) is 10.1 Å². The maximum atomic E-state index is 13.1. The van der Waals surface area contributed by atoms with E-state index in [0.717, 1.165) is 6.07 Å². The maximum Gasteiger partial charge on any atom is 0.261 e. The van der Waals surface area contributed by atoms with Gasteiger partial charge in [0.15, 0.2) is 0 Å². The summed E-state index contributed by atoms with van der Waals surface area (Å²) < 4.78 is 39.7. The van der Waals surface area contributed by atoms with Crippen LogP contribution in [0.25, 0.3) is 0 Å². The van der Waals surface area contributed by atoms with Crippen LogP contribution in [0.2, 0.25) is 0 Å². The fraction of sp³-hybridized carbons (Fsp3) is 0.0667. The van der Waals surface area contributed by atoms with Gasteiger partial charge in [-0.25, -0.2) is 12.8 Å². The number of hydrogen-bond acceptors (Lipinski definition) is 3. The zero-order chi connectivity index (χ0) is 15.3. The highest BCUT2D eigenvalue weighted by molar-refractivity contribution is 7.92. The highest BCUT2D eigenvalue weighted by Crippen LogP contribution is 2.17. The number of anilines is 1. The molecule has 0 bridgehead atoms. The van der Waals surface area contributed by atoms with Crippen LogP contribution >= 0.6 is 0 Å². The number of rotatable bonds is 3. The van der Waals surface area contributed by atoms with Crippen molar-refractivity contribution >= 4 is 15.7 Å². The standard InChI is InChI=1S/C15H12FNO3S/c16-13-6-2-8-15(11-13)21(19,20)17-14-7-1-4-12(10-14)5-3-9-18/h1-2,4,6-8,10-11,17-18H,9H2. The molecule has 0 spiro atoms. The Balaban J connectivity index is 2.29. The van der Waals surface area contributed by atoms with Gasteiger partial charge in [0, 0.05) is 5.56 Å². The number of benzene rings is 2. The lowest BCUT2D eigenvalue weighted by atomic mass is 10.2. The molecule has 0 saturated carbocycles. The third kappa shape index (κ3) is 4.05. The van der Waals surface area contributed by atoms with Crippen molar-refractivity contribution in [1.82, 2.24) is 0 Å². The van der Waals surface area contributed by atoms with Gasteiger partial charge >= 0.3 is 0 Å². The molecule has 2 N–H and O–H groups in total. The van der Waals surface area contributed by atoms with Crippen LogP contribution in [0.5, 0.6) is 0 Å². The minimum absolute atomic E-state index is 0.158. The fourth-order valence-electron chi connectivity index (χ4n) is 1.65. The Morgan fingerprint density at radius 2 is 1.90 bits per heavy atom. The van der Waals surface area contributed by atoms with E-state index in [4.69, 9.17) is 5.11 Å². The Hall–Kier alpha value is -2.36. The lowest BCUT2D eigenvalue weighted by Crippen LogP contribution is -2.13. The molecular weight excluding hydrogens is 293 g/mol. The van der Waals surface area contributed by atoms with Crippen molar-refractivity contribution in [3.63, 3.8) is 0 Å². The van der Waals surface area contributed by atoms with E-state index >= 15 is 0 Å². The van der Waals surface area contributed by atoms with Crippen LogP contribution in [0.15, 0.2) is 53.4 Å². The molecule has 2 aromatic carbocycles. The summed E-state index contributed by atoms with van der Waals surface area (Å²) in [7, 11) is -3.86. The van der Waals surface area contributed by atoms with Crippen molar-refractivity contribution < 1.29 is 17.9 Å². The van der Waals surface area contributed by atoms with E-state index in [2.05, 4.69) is 16.6 Å². The summed E-state index contributed by atoms with van der Waals surface area (Å²) in [5, 5.41) is 8.64. The largest absolute Gasteiger partial charge is 0.384 e. The highest BCUT2D eigenvalue weighted by atomic mass is 32.2. The van der Waals surface area contributed by atoms with Gasteiger partial charge < -0.3 is 5.11 Å². The number of sulfonamides is 1. The first-order chi connectivity index (χ1) is 10.0. The highest BCUT2D eigenvalue weighted by Gasteiger charge is 2.14. The number of aliphatic hydroxyl groups is 1. The summed E-state index contributed by atoms with van der Waals surface area (Å²) in [6.45, 7) is -0.279. The summed E-state index contributed by atoms with van der Waals surface area (Å²) >= 11 is 0. The van der Waals surface area contributed by atoms with Gasteiger partial charge in [0.2, 0.25) is 0 Å². The number of halogens is 1. The van der Waals surface area contributed by atoms with Crippen LogP contribution in [-0.4, -0.2) is 20.1 Å². The van der Waals surface area contributed by atoms with Gasteiger partial charge in [0.25, 0.3) is 10.0 Å². The van der Waals surface area contributed by atoms with Crippen LogP contribution in [0.1, 0.15) is 5.56 Å². The first kappa shape index (κ1) is 15.0. The Labute approximate surface area is 122 Å². The van der Waals surface area contributed by atoms with Gasteiger partial charge in [0.05, 0.1) is 10.6 Å². The summed E-state index contributed by atoms with van der Waals surface area (Å²) in [6, 6.07) is 11.1. The molecule has 0 atom stereocenters. The molecule has 0 radical (unpaired) electrons. The average Bonchev–Trinajstić information content (AvgIpc) is 2.45. The van der Waals surface area contributed by atoms with Crippen molar-refractivity contribution in [3.8, 4) is 11.8 Å². The molecule has 0 fully saturated rings. The fourth-order valence-corrected chi connectivity index (χ4v) is 2.73. The third-order valence-electron chi connectivity index (χ3n) is 2.53. The second-order valence-electron chi connectivity index (χ2n) is 4.10. The first-order valence-electron chi connectivity index (χ1n) is 5.99. The smallest absolute Gasteiger partial charge is 0.261 e. The predicted octanol–water partition coefficient (Wildman–Crippen LogP) is 1.97. The van der Waals surface area contributed by atoms with Crippen LogP contribution < -0.4 is 4.72 Å². The maximum absolute atomic E-state index is 13.1. The lowest BCUT2D eigenvalue weighted by Gasteiger charge is -2.08. The first-order valence-corrected chi connectivity index (χ1v) is 7.48. The molecule has 0 amide bonds.